The minimum atomic E-state index is -0.999. The van der Waals surface area contributed by atoms with Crippen molar-refractivity contribution < 1.29 is 79.1 Å². The predicted octanol–water partition coefficient (Wildman–Crippen LogP) is 20.4. The van der Waals surface area contributed by atoms with E-state index in [4.69, 9.17) is 39.4 Å². The largest absolute Gasteiger partial charge is 0.481 e. The number of ether oxygens (including phenoxy) is 2. The van der Waals surface area contributed by atoms with Crippen LogP contribution < -0.4 is 0 Å². The number of aliphatic carboxylic acids is 6. The van der Waals surface area contributed by atoms with Crippen LogP contribution >= 0.6 is 0 Å². The highest BCUT2D eigenvalue weighted by molar-refractivity contribution is 6.01. The summed E-state index contributed by atoms with van der Waals surface area (Å²) < 4.78 is 15.0. The number of rotatable bonds is 28. The molecule has 0 spiro atoms. The highest BCUT2D eigenvalue weighted by Crippen LogP contribution is 2.46. The molecule has 6 aliphatic rings. The predicted molar refractivity (Wildman–Crippen MR) is 505 cm³/mol. The highest BCUT2D eigenvalue weighted by atomic mass is 16.5. The van der Waals surface area contributed by atoms with Gasteiger partial charge in [0.05, 0.1) is 105 Å². The fraction of sp³-hybridized carbons (Fsp3) is 0.353. The number of carbonyl (C=O) groups is 6. The Morgan fingerprint density at radius 2 is 0.469 bits per heavy atom. The molecule has 0 aliphatic carbocycles. The number of aryl methyl sites for hydroxylation is 9. The van der Waals surface area contributed by atoms with Gasteiger partial charge in [-0.05, 0) is 336 Å². The highest BCUT2D eigenvalue weighted by Gasteiger charge is 2.34. The maximum Gasteiger partial charge on any atom is 0.303 e. The second-order valence-electron chi connectivity index (χ2n) is 35.1. The van der Waals surface area contributed by atoms with E-state index in [0.29, 0.717) is 157 Å². The van der Waals surface area contributed by atoms with Gasteiger partial charge in [-0.2, -0.15) is 0 Å². The maximum absolute atomic E-state index is 12.6. The van der Waals surface area contributed by atoms with E-state index in [-0.39, 0.29) is 77.0 Å². The molecule has 15 rings (SSSR count). The van der Waals surface area contributed by atoms with Crippen LogP contribution in [0.25, 0.3) is 133 Å². The summed E-state index contributed by atoms with van der Waals surface area (Å²) in [5.74, 6) is -5.91. The second-order valence-corrected chi connectivity index (χ2v) is 35.1. The molecule has 0 fully saturated rings. The molecular weight excluding hydrogens is 1650 g/mol. The van der Waals surface area contributed by atoms with Crippen molar-refractivity contribution in [2.75, 3.05) is 0 Å². The number of aliphatic hydroxyl groups is 2. The second kappa shape index (κ2) is 36.2. The molecule has 0 aromatic carbocycles. The van der Waals surface area contributed by atoms with Gasteiger partial charge in [-0.25, -0.2) is 29.9 Å². The van der Waals surface area contributed by atoms with Crippen LogP contribution in [0.1, 0.15) is 294 Å². The van der Waals surface area contributed by atoms with E-state index < -0.39 is 72.4 Å². The van der Waals surface area contributed by atoms with Crippen molar-refractivity contribution in [3.05, 3.63) is 208 Å². The van der Waals surface area contributed by atoms with Gasteiger partial charge in [-0.1, -0.05) is 0 Å². The molecule has 0 amide bonds. The molecule has 6 aliphatic heterocycles. The number of H-pyrrole nitrogens is 6. The minimum absolute atomic E-state index is 0.128. The Bertz CT molecular complexity index is 7140. The zero-order valence-electron chi connectivity index (χ0n) is 76.4. The summed E-state index contributed by atoms with van der Waals surface area (Å²) in [5, 5.41) is 84.0. The van der Waals surface area contributed by atoms with Gasteiger partial charge in [-0.3, -0.25) is 28.8 Å². The molecule has 6 atom stereocenters. The van der Waals surface area contributed by atoms with Gasteiger partial charge < -0.3 is 80.2 Å². The van der Waals surface area contributed by atoms with Crippen LogP contribution in [-0.4, -0.2) is 155 Å². The Kier molecular flexibility index (Phi) is 25.4. The molecule has 6 unspecified atom stereocenters. The van der Waals surface area contributed by atoms with Crippen molar-refractivity contribution >= 4 is 169 Å². The van der Waals surface area contributed by atoms with E-state index >= 15 is 0 Å². The van der Waals surface area contributed by atoms with E-state index in [1.54, 1.807) is 13.8 Å². The van der Waals surface area contributed by atoms with E-state index in [1.807, 2.05) is 184 Å². The van der Waals surface area contributed by atoms with Crippen LogP contribution in [0.15, 0.2) is 72.8 Å². The maximum atomic E-state index is 12.6. The smallest absolute Gasteiger partial charge is 0.303 e. The quantitative estimate of drug-likeness (QED) is 0.0217. The zero-order valence-corrected chi connectivity index (χ0v) is 76.4. The normalized spacial score (nSPS) is 15.0. The number of aromatic amines is 6. The zero-order chi connectivity index (χ0) is 93.5. The van der Waals surface area contributed by atoms with E-state index in [0.717, 1.165) is 111 Å². The van der Waals surface area contributed by atoms with E-state index in [9.17, 15) is 69.6 Å². The van der Waals surface area contributed by atoms with Crippen LogP contribution in [0.4, 0.5) is 0 Å². The number of aromatic nitrogens is 12. The third kappa shape index (κ3) is 17.7. The fourth-order valence-corrected chi connectivity index (χ4v) is 19.8. The number of hydrogen-bond acceptors (Lipinski definition) is 16. The Morgan fingerprint density at radius 3 is 0.754 bits per heavy atom. The average molecular weight is 1760 g/mol. The van der Waals surface area contributed by atoms with Gasteiger partial charge >= 0.3 is 35.8 Å². The molecule has 0 radical (unpaired) electrons. The Morgan fingerprint density at radius 1 is 0.254 bits per heavy atom. The topological polar surface area (TPSA) is 455 Å². The number of carboxylic acids is 6. The number of allylic oxidation sites excluding steroid dienone is 9. The Labute approximate surface area is 750 Å². The first-order chi connectivity index (χ1) is 61.6. The van der Waals surface area contributed by atoms with Crippen molar-refractivity contribution in [2.45, 2.75) is 238 Å². The summed E-state index contributed by atoms with van der Waals surface area (Å²) in [5.41, 5.74) is 32.0. The number of hydrogen-bond donors (Lipinski definition) is 14. The van der Waals surface area contributed by atoms with Crippen molar-refractivity contribution in [1.82, 2.24) is 59.8 Å². The lowest BCUT2D eigenvalue weighted by molar-refractivity contribution is -0.138. The molecule has 28 nitrogen and oxygen atoms in total. The van der Waals surface area contributed by atoms with Crippen LogP contribution in [0.5, 0.6) is 0 Å². The third-order valence-electron chi connectivity index (χ3n) is 26.7. The monoisotopic (exact) mass is 1760 g/mol. The molecule has 9 aromatic rings. The lowest BCUT2D eigenvalue weighted by Crippen LogP contribution is -2.14. The molecule has 24 bridgehead atoms. The lowest BCUT2D eigenvalue weighted by atomic mass is 9.98. The van der Waals surface area contributed by atoms with E-state index in [2.05, 4.69) is 29.9 Å². The first-order valence-electron chi connectivity index (χ1n) is 44.1. The molecule has 674 valence electrons. The Hall–Kier alpha value is -13.5. The lowest BCUT2D eigenvalue weighted by Gasteiger charge is -2.22. The first-order valence-corrected chi connectivity index (χ1v) is 44.1. The minimum Gasteiger partial charge on any atom is -0.481 e. The van der Waals surface area contributed by atoms with Gasteiger partial charge in [0, 0.05) is 138 Å². The number of nitrogens with zero attached hydrogens (tertiary/aromatic N) is 6. The Balaban J connectivity index is 0.911. The summed E-state index contributed by atoms with van der Waals surface area (Å²) in [6, 6.07) is 23.0. The van der Waals surface area contributed by atoms with Gasteiger partial charge in [-0.15, -0.1) is 0 Å². The molecule has 28 heteroatoms. The van der Waals surface area contributed by atoms with Crippen LogP contribution in [0.3, 0.4) is 0 Å². The molecule has 0 saturated carbocycles. The first kappa shape index (κ1) is 91.2. The molecule has 15 heterocycles. The van der Waals surface area contributed by atoms with E-state index in [1.165, 1.54) is 0 Å². The van der Waals surface area contributed by atoms with Crippen LogP contribution in [0.2, 0.25) is 0 Å². The van der Waals surface area contributed by atoms with Gasteiger partial charge in [0.1, 0.15) is 0 Å². The molecular formula is C102H110N12O16. The van der Waals surface area contributed by atoms with Crippen LogP contribution in [-0.2, 0) is 57.5 Å². The molecule has 9 aromatic heterocycles. The third-order valence-corrected chi connectivity index (χ3v) is 26.7. The number of fused-ring (bicyclic) bond motifs is 24. The summed E-state index contributed by atoms with van der Waals surface area (Å²) in [6.45, 7) is 34.6. The molecule has 0 saturated heterocycles. The summed E-state index contributed by atoms with van der Waals surface area (Å²) in [6.07, 6.45) is -4.92. The summed E-state index contributed by atoms with van der Waals surface area (Å²) >= 11 is 0. The van der Waals surface area contributed by atoms with Crippen molar-refractivity contribution in [3.63, 3.8) is 0 Å². The number of aliphatic hydroxyl groups excluding tert-OH is 2. The standard InChI is InChI=1S/C102H110N12O16/c1-43-61(19-25-91(117)118)79-40-82-64(22-28-94(123)124)46(4)70(106-82)34-87-100(52(10)76(112-87)37-85-97(55(13)115)49(7)73(109-85)31-67(43)103-79)58(16)129-57(15)99-51(9)75-33-69-45(3)63(21-27-93(121)122)81(105-69)42-84-66(24-30-96(127)128)48(6)72(108-84)36-89-102(54(12)78(114-89)39-90(99)111-75)60(18)130-59(17)101-53(11)77-38-86-98(56(14)116)50(8)74(110-86)32-68-44(2)62(20-26-92(119)120)80(104-68)41-83-65(23-29-95(125)126)47(5)71(107-83)35-88(101)113-77/h31-42,55-60,103,105,107,110,112,114-116H,19-30H2,1-18H3,(H,117,118)(H,119,120)(H,121,122)(H,123,124)(H,125,126)(H,127,128). The average Bonchev–Trinajstić information content (AvgIpc) is 1.60. The van der Waals surface area contributed by atoms with Crippen molar-refractivity contribution in [2.24, 2.45) is 0 Å². The van der Waals surface area contributed by atoms with Gasteiger partial charge in [0.2, 0.25) is 0 Å². The number of nitrogens with one attached hydrogen (secondary N) is 6. The SMILES string of the molecule is CC1=C(CCC(=O)O)c2cc3[nH]c(cc4nc(cc5[nH]c(cc1n2)c(C(C)OC(C)C1=C(C)c2cc6[nH]c(cc7nc(cc8[nH]c(cc1n2)c(C)c8C(C)OC(C)C1=C(C)c2cc8[nH]c(cc9nc(cc%10[nH]c(cc1n2)c(C)c%10CCC(=O)O)C(CCC(=O)O)=C9C)c(C)c8C(C)O)C(C)=C7CCC(=O)O)c(CCC(=O)O)c6C)c5C)C(C(C)O)=C4C)c(C)c3CCC(=O)O. The van der Waals surface area contributed by atoms with Crippen molar-refractivity contribution in [1.29, 1.82) is 0 Å². The number of carboxylic acid groups (broad SMARTS) is 6. The van der Waals surface area contributed by atoms with Gasteiger partial charge in [0.15, 0.2) is 0 Å². The molecule has 14 N–H and O–H groups in total. The summed E-state index contributed by atoms with van der Waals surface area (Å²) in [4.78, 5) is 128. The molecule has 130 heavy (non-hydrogen) atoms. The van der Waals surface area contributed by atoms with Gasteiger partial charge in [0.25, 0.3) is 0 Å². The fourth-order valence-electron chi connectivity index (χ4n) is 19.8. The summed E-state index contributed by atoms with van der Waals surface area (Å²) in [7, 11) is 0. The van der Waals surface area contributed by atoms with Crippen LogP contribution in [0, 0.1) is 41.5 Å². The van der Waals surface area contributed by atoms with Crippen molar-refractivity contribution in [3.8, 4) is 0 Å².